The van der Waals surface area contributed by atoms with Crippen molar-refractivity contribution in [1.82, 2.24) is 15.4 Å². The van der Waals surface area contributed by atoms with Crippen LogP contribution in [0.15, 0.2) is 47.0 Å². The van der Waals surface area contributed by atoms with E-state index in [9.17, 15) is 9.90 Å². The zero-order chi connectivity index (χ0) is 25.1. The fourth-order valence-corrected chi connectivity index (χ4v) is 4.62. The SMILES string of the molecule is Cc1noc(C)c1COc1ccc(C(=O)N[C@@H]2CN(Cc3ccc4c(c3)OCO4)CCC[C@H]2O)cc1. The van der Waals surface area contributed by atoms with Crippen molar-refractivity contribution in [3.8, 4) is 17.2 Å². The molecule has 3 aromatic rings. The second kappa shape index (κ2) is 10.6. The van der Waals surface area contributed by atoms with Gasteiger partial charge in [-0.25, -0.2) is 0 Å². The molecule has 0 aliphatic carbocycles. The van der Waals surface area contributed by atoms with Gasteiger partial charge in [-0.1, -0.05) is 11.2 Å². The average Bonchev–Trinajstić information content (AvgIpc) is 3.42. The van der Waals surface area contributed by atoms with Crippen LogP contribution < -0.4 is 19.5 Å². The van der Waals surface area contributed by atoms with E-state index in [1.54, 1.807) is 24.3 Å². The lowest BCUT2D eigenvalue weighted by Crippen LogP contribution is -2.48. The third-order valence-electron chi connectivity index (χ3n) is 6.73. The molecule has 9 heteroatoms. The van der Waals surface area contributed by atoms with Crippen LogP contribution in [-0.4, -0.2) is 53.1 Å². The van der Waals surface area contributed by atoms with Crippen molar-refractivity contribution in [1.29, 1.82) is 0 Å². The van der Waals surface area contributed by atoms with Gasteiger partial charge in [0.15, 0.2) is 11.5 Å². The summed E-state index contributed by atoms with van der Waals surface area (Å²) in [5.41, 5.74) is 3.34. The molecule has 2 aliphatic heterocycles. The monoisotopic (exact) mass is 493 g/mol. The van der Waals surface area contributed by atoms with Crippen LogP contribution in [0.3, 0.4) is 0 Å². The number of rotatable bonds is 7. The minimum absolute atomic E-state index is 0.221. The first kappa shape index (κ1) is 24.1. The largest absolute Gasteiger partial charge is 0.489 e. The number of nitrogens with zero attached hydrogens (tertiary/aromatic N) is 2. The Morgan fingerprint density at radius 3 is 2.75 bits per heavy atom. The normalized spacial score (nSPS) is 19.6. The van der Waals surface area contributed by atoms with Crippen LogP contribution >= 0.6 is 0 Å². The Balaban J connectivity index is 1.18. The van der Waals surface area contributed by atoms with E-state index in [0.717, 1.165) is 47.0 Å². The predicted octanol–water partition coefficient (Wildman–Crippen LogP) is 3.35. The van der Waals surface area contributed by atoms with Gasteiger partial charge in [0.05, 0.1) is 23.4 Å². The van der Waals surface area contributed by atoms with Crippen molar-refractivity contribution in [3.63, 3.8) is 0 Å². The fourth-order valence-electron chi connectivity index (χ4n) is 4.62. The van der Waals surface area contributed by atoms with Gasteiger partial charge in [-0.3, -0.25) is 9.69 Å². The smallest absolute Gasteiger partial charge is 0.251 e. The van der Waals surface area contributed by atoms with E-state index in [1.165, 1.54) is 0 Å². The maximum absolute atomic E-state index is 13.0. The summed E-state index contributed by atoms with van der Waals surface area (Å²) < 4.78 is 21.9. The Kier molecular flexibility index (Phi) is 7.11. The van der Waals surface area contributed by atoms with Gasteiger partial charge in [-0.2, -0.15) is 0 Å². The molecule has 0 unspecified atom stereocenters. The zero-order valence-electron chi connectivity index (χ0n) is 20.5. The van der Waals surface area contributed by atoms with Gasteiger partial charge >= 0.3 is 0 Å². The first-order chi connectivity index (χ1) is 17.5. The molecule has 2 atom stereocenters. The third kappa shape index (κ3) is 5.47. The maximum Gasteiger partial charge on any atom is 0.251 e. The van der Waals surface area contributed by atoms with Gasteiger partial charge < -0.3 is 29.2 Å². The summed E-state index contributed by atoms with van der Waals surface area (Å²) in [6.07, 6.45) is 0.889. The Bertz CT molecular complexity index is 1190. The van der Waals surface area contributed by atoms with E-state index in [-0.39, 0.29) is 18.7 Å². The van der Waals surface area contributed by atoms with E-state index in [4.69, 9.17) is 18.7 Å². The number of benzene rings is 2. The number of aryl methyl sites for hydroxylation is 2. The number of likely N-dealkylation sites (tertiary alicyclic amines) is 1. The Labute approximate surface area is 209 Å². The number of fused-ring (bicyclic) bond motifs is 1. The minimum Gasteiger partial charge on any atom is -0.489 e. The summed E-state index contributed by atoms with van der Waals surface area (Å²) in [6.45, 7) is 6.42. The average molecular weight is 494 g/mol. The Morgan fingerprint density at radius 2 is 1.97 bits per heavy atom. The molecule has 1 amide bonds. The summed E-state index contributed by atoms with van der Waals surface area (Å²) >= 11 is 0. The van der Waals surface area contributed by atoms with E-state index in [0.29, 0.717) is 37.4 Å². The van der Waals surface area contributed by atoms with Crippen molar-refractivity contribution in [3.05, 3.63) is 70.6 Å². The third-order valence-corrected chi connectivity index (χ3v) is 6.73. The molecule has 1 aromatic heterocycles. The predicted molar refractivity (Wildman–Crippen MR) is 131 cm³/mol. The highest BCUT2D eigenvalue weighted by Gasteiger charge is 2.28. The van der Waals surface area contributed by atoms with Crippen LogP contribution in [0.1, 0.15) is 45.8 Å². The van der Waals surface area contributed by atoms with Gasteiger partial charge in [0, 0.05) is 18.7 Å². The summed E-state index contributed by atoms with van der Waals surface area (Å²) in [5.74, 6) is 2.68. The molecule has 2 aromatic carbocycles. The number of nitrogens with one attached hydrogen (secondary N) is 1. The molecule has 0 bridgehead atoms. The molecule has 2 aliphatic rings. The topological polar surface area (TPSA) is 106 Å². The molecule has 0 saturated carbocycles. The van der Waals surface area contributed by atoms with Gasteiger partial charge in [0.1, 0.15) is 18.1 Å². The van der Waals surface area contributed by atoms with Crippen LogP contribution in [0.25, 0.3) is 0 Å². The highest BCUT2D eigenvalue weighted by molar-refractivity contribution is 5.94. The molecule has 9 nitrogen and oxygen atoms in total. The fraction of sp³-hybridized carbons (Fsp3) is 0.407. The Hall–Kier alpha value is -3.56. The summed E-state index contributed by atoms with van der Waals surface area (Å²) in [7, 11) is 0. The lowest BCUT2D eigenvalue weighted by atomic mass is 10.1. The lowest BCUT2D eigenvalue weighted by molar-refractivity contribution is 0.0798. The van der Waals surface area contributed by atoms with Crippen LogP contribution in [0.5, 0.6) is 17.2 Å². The number of hydrogen-bond donors (Lipinski definition) is 2. The Morgan fingerprint density at radius 1 is 1.17 bits per heavy atom. The summed E-state index contributed by atoms with van der Waals surface area (Å²) in [6, 6.07) is 12.6. The second-order valence-corrected chi connectivity index (χ2v) is 9.33. The molecule has 1 saturated heterocycles. The van der Waals surface area contributed by atoms with Crippen LogP contribution in [0.2, 0.25) is 0 Å². The molecule has 2 N–H and O–H groups in total. The van der Waals surface area contributed by atoms with Gasteiger partial charge in [0.2, 0.25) is 6.79 Å². The van der Waals surface area contributed by atoms with Gasteiger partial charge in [-0.05, 0) is 75.2 Å². The first-order valence-corrected chi connectivity index (χ1v) is 12.2. The number of aliphatic hydroxyl groups is 1. The molecule has 190 valence electrons. The van der Waals surface area contributed by atoms with E-state index in [2.05, 4.69) is 15.4 Å². The molecule has 5 rings (SSSR count). The highest BCUT2D eigenvalue weighted by atomic mass is 16.7. The molecule has 0 spiro atoms. The van der Waals surface area contributed by atoms with Crippen LogP contribution in [0, 0.1) is 13.8 Å². The minimum atomic E-state index is -0.603. The standard InChI is InChI=1S/C27H31N3O6/c1-17-22(18(2)36-29-17)15-33-21-8-6-20(7-9-21)27(32)28-23-14-30(11-3-4-24(23)31)13-19-5-10-25-26(12-19)35-16-34-25/h5-10,12,23-24,31H,3-4,11,13-16H2,1-2H3,(H,28,32)/t23-,24-/m1/s1. The first-order valence-electron chi connectivity index (χ1n) is 12.2. The van der Waals surface area contributed by atoms with Crippen molar-refractivity contribution in [2.45, 2.75) is 52.0 Å². The number of hydrogen-bond acceptors (Lipinski definition) is 8. The zero-order valence-corrected chi connectivity index (χ0v) is 20.5. The quantitative estimate of drug-likeness (QED) is 0.516. The van der Waals surface area contributed by atoms with Crippen molar-refractivity contribution in [2.24, 2.45) is 0 Å². The van der Waals surface area contributed by atoms with Crippen molar-refractivity contribution in [2.75, 3.05) is 19.9 Å². The van der Waals surface area contributed by atoms with E-state index >= 15 is 0 Å². The number of aromatic nitrogens is 1. The molecule has 36 heavy (non-hydrogen) atoms. The lowest BCUT2D eigenvalue weighted by Gasteiger charge is -2.27. The number of ether oxygens (including phenoxy) is 3. The maximum atomic E-state index is 13.0. The highest BCUT2D eigenvalue weighted by Crippen LogP contribution is 2.33. The molecular weight excluding hydrogens is 462 g/mol. The number of carbonyl (C=O) groups excluding carboxylic acids is 1. The second-order valence-electron chi connectivity index (χ2n) is 9.33. The summed E-state index contributed by atoms with van der Waals surface area (Å²) in [4.78, 5) is 15.2. The number of carbonyl (C=O) groups is 1. The van der Waals surface area contributed by atoms with E-state index < -0.39 is 6.10 Å². The van der Waals surface area contributed by atoms with E-state index in [1.807, 2.05) is 32.0 Å². The number of amides is 1. The van der Waals surface area contributed by atoms with Crippen LogP contribution in [-0.2, 0) is 13.2 Å². The van der Waals surface area contributed by atoms with Crippen molar-refractivity contribution >= 4 is 5.91 Å². The van der Waals surface area contributed by atoms with Crippen LogP contribution in [0.4, 0.5) is 0 Å². The molecule has 0 radical (unpaired) electrons. The summed E-state index contributed by atoms with van der Waals surface area (Å²) in [5, 5.41) is 17.7. The van der Waals surface area contributed by atoms with Crippen molar-refractivity contribution < 1.29 is 28.6 Å². The molecule has 1 fully saturated rings. The molecular formula is C27H31N3O6. The number of aliphatic hydroxyl groups excluding tert-OH is 1. The van der Waals surface area contributed by atoms with Gasteiger partial charge in [-0.15, -0.1) is 0 Å². The van der Waals surface area contributed by atoms with Gasteiger partial charge in [0.25, 0.3) is 5.91 Å². The molecule has 3 heterocycles.